The molecule has 1 aromatic heterocycles. The minimum Gasteiger partial charge on any atom is -0.378 e. The molecule has 0 radical (unpaired) electrons. The van der Waals surface area contributed by atoms with E-state index in [0.29, 0.717) is 31.0 Å². The first-order valence-corrected chi connectivity index (χ1v) is 6.13. The molecule has 2 heterocycles. The Kier molecular flexibility index (Phi) is 2.56. The third kappa shape index (κ3) is 2.02. The summed E-state index contributed by atoms with van der Waals surface area (Å²) in [5.41, 5.74) is 5.77. The quantitative estimate of drug-likeness (QED) is 0.825. The van der Waals surface area contributed by atoms with Crippen molar-refractivity contribution in [3.8, 4) is 0 Å². The molecule has 1 aromatic rings. The van der Waals surface area contributed by atoms with Gasteiger partial charge in [0.1, 0.15) is 0 Å². The van der Waals surface area contributed by atoms with Crippen LogP contribution in [0.15, 0.2) is 4.52 Å². The third-order valence-corrected chi connectivity index (χ3v) is 3.60. The van der Waals surface area contributed by atoms with Crippen LogP contribution >= 0.6 is 0 Å². The average molecular weight is 238 g/mol. The predicted octanol–water partition coefficient (Wildman–Crippen LogP) is 0.490. The number of hydrogen-bond donors (Lipinski definition) is 1. The summed E-state index contributed by atoms with van der Waals surface area (Å²) >= 11 is 0. The summed E-state index contributed by atoms with van der Waals surface area (Å²) in [6.07, 6.45) is 2.31. The van der Waals surface area contributed by atoms with Crippen LogP contribution in [0.1, 0.15) is 25.7 Å². The third-order valence-electron chi connectivity index (χ3n) is 3.60. The van der Waals surface area contributed by atoms with Gasteiger partial charge in [-0.15, -0.1) is 0 Å². The molecule has 0 spiro atoms. The summed E-state index contributed by atoms with van der Waals surface area (Å²) in [4.78, 5) is 6.50. The zero-order chi connectivity index (χ0) is 11.9. The van der Waals surface area contributed by atoms with Crippen LogP contribution in [0.2, 0.25) is 0 Å². The fourth-order valence-corrected chi connectivity index (χ4v) is 2.18. The van der Waals surface area contributed by atoms with Crippen LogP contribution in [0.25, 0.3) is 0 Å². The van der Waals surface area contributed by atoms with E-state index < -0.39 is 5.54 Å². The summed E-state index contributed by atoms with van der Waals surface area (Å²) in [6, 6.07) is 0. The molecule has 0 aromatic carbocycles. The standard InChI is InChI=1S/C11H18N4O2/c1-11(12,8-2-3-8)9-13-10(14-17-9)15-4-6-16-7-5-15/h8H,2-7,12H2,1H3. The van der Waals surface area contributed by atoms with Crippen molar-refractivity contribution in [2.24, 2.45) is 11.7 Å². The molecule has 0 amide bonds. The average Bonchev–Trinajstić information content (AvgIpc) is 3.08. The second-order valence-corrected chi connectivity index (χ2v) is 5.06. The van der Waals surface area contributed by atoms with Crippen molar-refractivity contribution in [3.05, 3.63) is 5.89 Å². The molecule has 94 valence electrons. The van der Waals surface area contributed by atoms with Gasteiger partial charge in [-0.25, -0.2) is 0 Å². The highest BCUT2D eigenvalue weighted by atomic mass is 16.5. The minimum absolute atomic E-state index is 0.475. The van der Waals surface area contributed by atoms with Gasteiger partial charge in [0, 0.05) is 13.1 Å². The molecule has 2 fully saturated rings. The van der Waals surface area contributed by atoms with Gasteiger partial charge in [0.2, 0.25) is 5.89 Å². The van der Waals surface area contributed by atoms with Gasteiger partial charge in [0.15, 0.2) is 0 Å². The monoisotopic (exact) mass is 238 g/mol. The van der Waals surface area contributed by atoms with E-state index in [1.807, 2.05) is 6.92 Å². The number of hydrogen-bond acceptors (Lipinski definition) is 6. The minimum atomic E-state index is -0.475. The van der Waals surface area contributed by atoms with Crippen LogP contribution in [-0.4, -0.2) is 36.4 Å². The Morgan fingerprint density at radius 1 is 1.35 bits per heavy atom. The van der Waals surface area contributed by atoms with Crippen LogP contribution in [0.4, 0.5) is 5.95 Å². The molecule has 0 bridgehead atoms. The maximum Gasteiger partial charge on any atom is 0.266 e. The smallest absolute Gasteiger partial charge is 0.266 e. The SMILES string of the molecule is CC(N)(c1nc(N2CCOCC2)no1)C1CC1. The lowest BCUT2D eigenvalue weighted by Gasteiger charge is -2.25. The maximum atomic E-state index is 6.25. The number of aromatic nitrogens is 2. The van der Waals surface area contributed by atoms with Crippen LogP contribution in [0, 0.1) is 5.92 Å². The van der Waals surface area contributed by atoms with Gasteiger partial charge in [-0.1, -0.05) is 0 Å². The van der Waals surface area contributed by atoms with E-state index in [2.05, 4.69) is 15.0 Å². The van der Waals surface area contributed by atoms with Gasteiger partial charge in [0.25, 0.3) is 5.95 Å². The Balaban J connectivity index is 1.77. The number of anilines is 1. The lowest BCUT2D eigenvalue weighted by molar-refractivity contribution is 0.121. The van der Waals surface area contributed by atoms with Crippen molar-refractivity contribution in [3.63, 3.8) is 0 Å². The number of nitrogens with zero attached hydrogens (tertiary/aromatic N) is 3. The number of rotatable bonds is 3. The van der Waals surface area contributed by atoms with Crippen LogP contribution in [0.5, 0.6) is 0 Å². The Hall–Kier alpha value is -1.14. The molecule has 6 nitrogen and oxygen atoms in total. The van der Waals surface area contributed by atoms with E-state index in [-0.39, 0.29) is 0 Å². The largest absolute Gasteiger partial charge is 0.378 e. The van der Waals surface area contributed by atoms with Crippen molar-refractivity contribution in [1.29, 1.82) is 0 Å². The van der Waals surface area contributed by atoms with E-state index in [4.69, 9.17) is 15.0 Å². The van der Waals surface area contributed by atoms with E-state index in [1.165, 1.54) is 0 Å². The highest BCUT2D eigenvalue weighted by molar-refractivity contribution is 5.29. The summed E-state index contributed by atoms with van der Waals surface area (Å²) in [5, 5.41) is 4.02. The van der Waals surface area contributed by atoms with Gasteiger partial charge in [-0.2, -0.15) is 4.98 Å². The molecule has 2 aliphatic rings. The van der Waals surface area contributed by atoms with Gasteiger partial charge in [-0.3, -0.25) is 0 Å². The lowest BCUT2D eigenvalue weighted by atomic mass is 9.97. The molecule has 6 heteroatoms. The Morgan fingerprint density at radius 3 is 2.71 bits per heavy atom. The van der Waals surface area contributed by atoms with Gasteiger partial charge >= 0.3 is 0 Å². The molecule has 3 rings (SSSR count). The van der Waals surface area contributed by atoms with Crippen LogP contribution < -0.4 is 10.6 Å². The summed E-state index contributed by atoms with van der Waals surface area (Å²) in [5.74, 6) is 1.68. The Bertz CT molecular complexity index is 394. The molecule has 1 aliphatic heterocycles. The molecule has 1 aliphatic carbocycles. The molecule has 17 heavy (non-hydrogen) atoms. The summed E-state index contributed by atoms with van der Waals surface area (Å²) < 4.78 is 10.6. The number of ether oxygens (including phenoxy) is 1. The summed E-state index contributed by atoms with van der Waals surface area (Å²) in [6.45, 7) is 5.02. The topological polar surface area (TPSA) is 77.4 Å². The molecular weight excluding hydrogens is 220 g/mol. The van der Waals surface area contributed by atoms with Gasteiger partial charge in [-0.05, 0) is 30.8 Å². The van der Waals surface area contributed by atoms with Gasteiger partial charge in [0.05, 0.1) is 18.8 Å². The molecule has 1 saturated heterocycles. The molecule has 2 N–H and O–H groups in total. The fraction of sp³-hybridized carbons (Fsp3) is 0.818. The fourth-order valence-electron chi connectivity index (χ4n) is 2.18. The van der Waals surface area contributed by atoms with Crippen molar-refractivity contribution in [1.82, 2.24) is 10.1 Å². The maximum absolute atomic E-state index is 6.25. The van der Waals surface area contributed by atoms with Crippen LogP contribution in [-0.2, 0) is 10.3 Å². The second kappa shape index (κ2) is 3.96. The zero-order valence-corrected chi connectivity index (χ0v) is 10.1. The zero-order valence-electron chi connectivity index (χ0n) is 10.1. The van der Waals surface area contributed by atoms with Crippen LogP contribution in [0.3, 0.4) is 0 Å². The lowest BCUT2D eigenvalue weighted by Crippen LogP contribution is -2.38. The highest BCUT2D eigenvalue weighted by Crippen LogP contribution is 2.43. The summed E-state index contributed by atoms with van der Waals surface area (Å²) in [7, 11) is 0. The van der Waals surface area contributed by atoms with E-state index in [9.17, 15) is 0 Å². The van der Waals surface area contributed by atoms with Crippen molar-refractivity contribution in [2.75, 3.05) is 31.2 Å². The number of morpholine rings is 1. The molecule has 1 atom stereocenters. The molecule has 1 unspecified atom stereocenters. The highest BCUT2D eigenvalue weighted by Gasteiger charge is 2.44. The molecule has 1 saturated carbocycles. The van der Waals surface area contributed by atoms with Crippen molar-refractivity contribution in [2.45, 2.75) is 25.3 Å². The Labute approximate surface area is 100 Å². The first-order chi connectivity index (χ1) is 8.18. The first-order valence-electron chi connectivity index (χ1n) is 6.13. The normalized spacial score (nSPS) is 24.7. The first kappa shape index (κ1) is 11.0. The predicted molar refractivity (Wildman–Crippen MR) is 61.6 cm³/mol. The van der Waals surface area contributed by atoms with E-state index >= 15 is 0 Å². The Morgan fingerprint density at radius 2 is 2.06 bits per heavy atom. The number of nitrogens with two attached hydrogens (primary N) is 1. The van der Waals surface area contributed by atoms with Crippen molar-refractivity contribution < 1.29 is 9.26 Å². The van der Waals surface area contributed by atoms with E-state index in [0.717, 1.165) is 25.9 Å². The van der Waals surface area contributed by atoms with Gasteiger partial charge < -0.3 is 19.9 Å². The second-order valence-electron chi connectivity index (χ2n) is 5.06. The van der Waals surface area contributed by atoms with E-state index in [1.54, 1.807) is 0 Å². The molecular formula is C11H18N4O2. The van der Waals surface area contributed by atoms with Crippen molar-refractivity contribution >= 4 is 5.95 Å².